The number of rotatable bonds is 7. The number of hydrogen-bond donors (Lipinski definition) is 2. The third-order valence-corrected chi connectivity index (χ3v) is 5.54. The third kappa shape index (κ3) is 5.84. The van der Waals surface area contributed by atoms with Crippen LogP contribution in [0.4, 0.5) is 17.1 Å². The Bertz CT molecular complexity index is 873. The number of anilines is 3. The van der Waals surface area contributed by atoms with Crippen LogP contribution >= 0.6 is 27.7 Å². The van der Waals surface area contributed by atoms with Gasteiger partial charge in [-0.25, -0.2) is 0 Å². The predicted molar refractivity (Wildman–Crippen MR) is 117 cm³/mol. The highest BCUT2D eigenvalue weighted by Crippen LogP contribution is 2.23. The van der Waals surface area contributed by atoms with Crippen LogP contribution in [0, 0.1) is 0 Å². The van der Waals surface area contributed by atoms with Crippen molar-refractivity contribution in [3.05, 3.63) is 53.0 Å². The minimum atomic E-state index is -0.176. The van der Waals surface area contributed by atoms with Crippen LogP contribution < -0.4 is 15.5 Å². The number of benzene rings is 2. The van der Waals surface area contributed by atoms with Crippen LogP contribution in [0.1, 0.15) is 12.8 Å². The lowest BCUT2D eigenvalue weighted by Gasteiger charge is -2.16. The van der Waals surface area contributed by atoms with E-state index >= 15 is 0 Å². The smallest absolute Gasteiger partial charge is 0.234 e. The van der Waals surface area contributed by atoms with Gasteiger partial charge in [0.15, 0.2) is 0 Å². The molecule has 2 aromatic rings. The quantitative estimate of drug-likeness (QED) is 0.655. The van der Waals surface area contributed by atoms with Gasteiger partial charge in [0.25, 0.3) is 0 Å². The van der Waals surface area contributed by atoms with E-state index in [-0.39, 0.29) is 29.2 Å². The summed E-state index contributed by atoms with van der Waals surface area (Å²) in [7, 11) is 0. The van der Waals surface area contributed by atoms with Crippen molar-refractivity contribution in [1.29, 1.82) is 0 Å². The molecular weight excluding hydrogens is 442 g/mol. The van der Waals surface area contributed by atoms with Gasteiger partial charge in [-0.2, -0.15) is 0 Å². The summed E-state index contributed by atoms with van der Waals surface area (Å²) in [6.45, 7) is 0.739. The summed E-state index contributed by atoms with van der Waals surface area (Å²) in [5.41, 5.74) is 2.22. The first kappa shape index (κ1) is 20.4. The van der Waals surface area contributed by atoms with Gasteiger partial charge in [0.05, 0.1) is 11.5 Å². The standard InChI is InChI=1S/C20H20BrN3O3S/c21-14-3-1-4-16(11-14)23-19(26)13-28-12-18(25)22-15-6-8-17(9-7-15)24-10-2-5-20(24)27/h1,3-4,6-9,11H,2,5,10,12-13H2,(H,22,25)(H,23,26). The summed E-state index contributed by atoms with van der Waals surface area (Å²) in [6.07, 6.45) is 1.47. The maximum Gasteiger partial charge on any atom is 0.234 e. The van der Waals surface area contributed by atoms with Gasteiger partial charge in [0, 0.05) is 34.5 Å². The molecular formula is C20H20BrN3O3S. The number of carbonyl (C=O) groups is 3. The molecule has 6 nitrogen and oxygen atoms in total. The fourth-order valence-electron chi connectivity index (χ4n) is 2.84. The van der Waals surface area contributed by atoms with Crippen molar-refractivity contribution < 1.29 is 14.4 Å². The molecule has 1 aliphatic heterocycles. The normalized spacial score (nSPS) is 13.5. The van der Waals surface area contributed by atoms with Crippen molar-refractivity contribution in [2.75, 3.05) is 33.6 Å². The lowest BCUT2D eigenvalue weighted by atomic mass is 10.2. The average molecular weight is 462 g/mol. The van der Waals surface area contributed by atoms with Crippen molar-refractivity contribution >= 4 is 62.5 Å². The van der Waals surface area contributed by atoms with Gasteiger partial charge in [0.2, 0.25) is 17.7 Å². The summed E-state index contributed by atoms with van der Waals surface area (Å²) >= 11 is 4.60. The van der Waals surface area contributed by atoms with Gasteiger partial charge in [-0.05, 0) is 48.9 Å². The highest BCUT2D eigenvalue weighted by molar-refractivity contribution is 9.10. The molecule has 1 heterocycles. The van der Waals surface area contributed by atoms with Crippen LogP contribution in [-0.2, 0) is 14.4 Å². The molecule has 0 saturated carbocycles. The van der Waals surface area contributed by atoms with Crippen molar-refractivity contribution in [1.82, 2.24) is 0 Å². The zero-order valence-electron chi connectivity index (χ0n) is 15.1. The van der Waals surface area contributed by atoms with Crippen LogP contribution in [0.2, 0.25) is 0 Å². The lowest BCUT2D eigenvalue weighted by Crippen LogP contribution is -2.23. The molecule has 0 spiro atoms. The summed E-state index contributed by atoms with van der Waals surface area (Å²) in [6, 6.07) is 14.6. The molecule has 0 aliphatic carbocycles. The van der Waals surface area contributed by atoms with E-state index in [0.29, 0.717) is 17.8 Å². The number of hydrogen-bond acceptors (Lipinski definition) is 4. The minimum Gasteiger partial charge on any atom is -0.325 e. The van der Waals surface area contributed by atoms with E-state index in [9.17, 15) is 14.4 Å². The molecule has 0 atom stereocenters. The van der Waals surface area contributed by atoms with E-state index in [1.807, 2.05) is 30.3 Å². The van der Waals surface area contributed by atoms with Crippen LogP contribution in [0.3, 0.4) is 0 Å². The topological polar surface area (TPSA) is 78.5 Å². The van der Waals surface area contributed by atoms with Gasteiger partial charge in [0.1, 0.15) is 0 Å². The number of carbonyl (C=O) groups excluding carboxylic acids is 3. The van der Waals surface area contributed by atoms with Crippen molar-refractivity contribution in [2.24, 2.45) is 0 Å². The second-order valence-corrected chi connectivity index (χ2v) is 8.20. The Morgan fingerprint density at radius 3 is 2.29 bits per heavy atom. The zero-order valence-corrected chi connectivity index (χ0v) is 17.5. The molecule has 0 bridgehead atoms. The Balaban J connectivity index is 1.40. The minimum absolute atomic E-state index is 0.134. The molecule has 146 valence electrons. The maximum atomic E-state index is 12.1. The molecule has 0 radical (unpaired) electrons. The Hall–Kier alpha value is -2.32. The van der Waals surface area contributed by atoms with Gasteiger partial charge < -0.3 is 15.5 Å². The zero-order chi connectivity index (χ0) is 19.9. The molecule has 2 aromatic carbocycles. The van der Waals surface area contributed by atoms with E-state index in [4.69, 9.17) is 0 Å². The van der Waals surface area contributed by atoms with Gasteiger partial charge >= 0.3 is 0 Å². The molecule has 28 heavy (non-hydrogen) atoms. The first-order valence-electron chi connectivity index (χ1n) is 8.85. The van der Waals surface area contributed by atoms with Crippen LogP contribution in [0.15, 0.2) is 53.0 Å². The van der Waals surface area contributed by atoms with E-state index in [1.165, 1.54) is 11.8 Å². The second-order valence-electron chi connectivity index (χ2n) is 6.30. The van der Waals surface area contributed by atoms with E-state index < -0.39 is 0 Å². The molecule has 3 amide bonds. The number of nitrogens with zero attached hydrogens (tertiary/aromatic N) is 1. The molecule has 3 rings (SSSR count). The van der Waals surface area contributed by atoms with Crippen LogP contribution in [-0.4, -0.2) is 35.8 Å². The Morgan fingerprint density at radius 1 is 1.00 bits per heavy atom. The fraction of sp³-hybridized carbons (Fsp3) is 0.250. The molecule has 2 N–H and O–H groups in total. The Kier molecular flexibility index (Phi) is 7.11. The summed E-state index contributed by atoms with van der Waals surface area (Å²) < 4.78 is 0.887. The van der Waals surface area contributed by atoms with Crippen molar-refractivity contribution in [3.63, 3.8) is 0 Å². The number of nitrogens with one attached hydrogen (secondary N) is 2. The highest BCUT2D eigenvalue weighted by Gasteiger charge is 2.21. The second kappa shape index (κ2) is 9.75. The lowest BCUT2D eigenvalue weighted by molar-refractivity contribution is -0.117. The van der Waals surface area contributed by atoms with E-state index in [0.717, 1.165) is 23.1 Å². The van der Waals surface area contributed by atoms with Crippen LogP contribution in [0.5, 0.6) is 0 Å². The van der Waals surface area contributed by atoms with Gasteiger partial charge in [-0.15, -0.1) is 11.8 Å². The SMILES string of the molecule is O=C(CSCC(=O)Nc1cccc(Br)c1)Nc1ccc(N2CCCC2=O)cc1. The number of thioether (sulfide) groups is 1. The summed E-state index contributed by atoms with van der Waals surface area (Å²) in [4.78, 5) is 37.5. The Morgan fingerprint density at radius 2 is 1.68 bits per heavy atom. The maximum absolute atomic E-state index is 12.1. The highest BCUT2D eigenvalue weighted by atomic mass is 79.9. The fourth-order valence-corrected chi connectivity index (χ4v) is 3.86. The van der Waals surface area contributed by atoms with Gasteiger partial charge in [-0.1, -0.05) is 22.0 Å². The van der Waals surface area contributed by atoms with E-state index in [1.54, 1.807) is 23.1 Å². The molecule has 0 aromatic heterocycles. The van der Waals surface area contributed by atoms with E-state index in [2.05, 4.69) is 26.6 Å². The predicted octanol–water partition coefficient (Wildman–Crippen LogP) is 3.89. The van der Waals surface area contributed by atoms with Crippen molar-refractivity contribution in [2.45, 2.75) is 12.8 Å². The molecule has 1 fully saturated rings. The first-order valence-corrected chi connectivity index (χ1v) is 10.8. The molecule has 1 saturated heterocycles. The summed E-state index contributed by atoms with van der Waals surface area (Å²) in [5, 5.41) is 5.59. The Labute approximate surface area is 176 Å². The summed E-state index contributed by atoms with van der Waals surface area (Å²) in [5.74, 6) is 0.170. The monoisotopic (exact) mass is 461 g/mol. The average Bonchev–Trinajstić information content (AvgIpc) is 3.08. The third-order valence-electron chi connectivity index (χ3n) is 4.11. The molecule has 1 aliphatic rings. The number of amides is 3. The number of halogens is 1. The van der Waals surface area contributed by atoms with Crippen molar-refractivity contribution in [3.8, 4) is 0 Å². The van der Waals surface area contributed by atoms with Crippen LogP contribution in [0.25, 0.3) is 0 Å². The van der Waals surface area contributed by atoms with Gasteiger partial charge in [-0.3, -0.25) is 14.4 Å². The largest absolute Gasteiger partial charge is 0.325 e. The molecule has 8 heteroatoms. The first-order chi connectivity index (χ1) is 13.5. The molecule has 0 unspecified atom stereocenters.